The Morgan fingerprint density at radius 3 is 2.52 bits per heavy atom. The molecule has 1 saturated heterocycles. The molecule has 1 amide bonds. The molecule has 2 rings (SSSR count). The highest BCUT2D eigenvalue weighted by atomic mass is 32.2. The fourth-order valence-electron chi connectivity index (χ4n) is 2.10. The normalized spacial score (nSPS) is 19.0. The van der Waals surface area contributed by atoms with E-state index in [2.05, 4.69) is 10.0 Å². The molecule has 1 aromatic carbocycles. The summed E-state index contributed by atoms with van der Waals surface area (Å²) in [5.74, 6) is 0.746. The zero-order chi connectivity index (χ0) is 15.5. The van der Waals surface area contributed by atoms with Crippen molar-refractivity contribution in [2.75, 3.05) is 20.8 Å². The molecule has 1 atom stereocenters. The van der Waals surface area contributed by atoms with Crippen LogP contribution in [0.2, 0.25) is 0 Å². The second-order valence-corrected chi connectivity index (χ2v) is 6.39. The van der Waals surface area contributed by atoms with E-state index >= 15 is 0 Å². The van der Waals surface area contributed by atoms with Gasteiger partial charge in [0.15, 0.2) is 11.5 Å². The Morgan fingerprint density at radius 2 is 1.95 bits per heavy atom. The van der Waals surface area contributed by atoms with E-state index in [0.717, 1.165) is 0 Å². The van der Waals surface area contributed by atoms with E-state index in [-0.39, 0.29) is 16.8 Å². The molecule has 2 N–H and O–H groups in total. The Kier molecular flexibility index (Phi) is 4.69. The van der Waals surface area contributed by atoms with E-state index in [9.17, 15) is 13.2 Å². The van der Waals surface area contributed by atoms with Gasteiger partial charge in [0.2, 0.25) is 15.9 Å². The Balaban J connectivity index is 2.17. The zero-order valence-corrected chi connectivity index (χ0v) is 12.7. The smallest absolute Gasteiger partial charge is 0.241 e. The molecule has 0 saturated carbocycles. The van der Waals surface area contributed by atoms with Crippen molar-refractivity contribution in [2.24, 2.45) is 0 Å². The molecule has 8 heteroatoms. The summed E-state index contributed by atoms with van der Waals surface area (Å²) in [6.07, 6.45) is 0.803. The Bertz CT molecular complexity index is 619. The van der Waals surface area contributed by atoms with Crippen molar-refractivity contribution in [1.29, 1.82) is 0 Å². The highest BCUT2D eigenvalue weighted by Crippen LogP contribution is 2.29. The average molecular weight is 314 g/mol. The molecule has 1 aliphatic heterocycles. The van der Waals surface area contributed by atoms with Crippen molar-refractivity contribution in [3.63, 3.8) is 0 Å². The summed E-state index contributed by atoms with van der Waals surface area (Å²) < 4.78 is 37.4. The van der Waals surface area contributed by atoms with Gasteiger partial charge in [0, 0.05) is 25.1 Å². The lowest BCUT2D eigenvalue weighted by Gasteiger charge is -2.23. The third-order valence-corrected chi connectivity index (χ3v) is 4.77. The molecular formula is C13H18N2O5S. The van der Waals surface area contributed by atoms with Gasteiger partial charge >= 0.3 is 0 Å². The van der Waals surface area contributed by atoms with E-state index in [0.29, 0.717) is 30.9 Å². The predicted octanol–water partition coefficient (Wildman–Crippen LogP) is 0.261. The summed E-state index contributed by atoms with van der Waals surface area (Å²) in [5, 5.41) is 2.64. The quantitative estimate of drug-likeness (QED) is 0.813. The number of methoxy groups -OCH3 is 2. The number of ether oxygens (including phenoxy) is 2. The molecule has 1 unspecified atom stereocenters. The second kappa shape index (κ2) is 6.31. The highest BCUT2D eigenvalue weighted by molar-refractivity contribution is 7.89. The van der Waals surface area contributed by atoms with Crippen molar-refractivity contribution >= 4 is 15.9 Å². The summed E-state index contributed by atoms with van der Waals surface area (Å²) in [5.41, 5.74) is 0. The summed E-state index contributed by atoms with van der Waals surface area (Å²) in [4.78, 5) is 11.2. The summed E-state index contributed by atoms with van der Waals surface area (Å²) in [7, 11) is -0.748. The summed E-state index contributed by atoms with van der Waals surface area (Å²) >= 11 is 0. The fraction of sp³-hybridized carbons (Fsp3) is 0.462. The zero-order valence-electron chi connectivity index (χ0n) is 11.9. The van der Waals surface area contributed by atoms with Crippen LogP contribution in [0.4, 0.5) is 0 Å². The molecule has 0 aliphatic carbocycles. The Labute approximate surface area is 123 Å². The minimum absolute atomic E-state index is 0.0587. The predicted molar refractivity (Wildman–Crippen MR) is 75.9 cm³/mol. The van der Waals surface area contributed by atoms with Crippen LogP contribution in [0, 0.1) is 0 Å². The van der Waals surface area contributed by atoms with Crippen LogP contribution in [0.5, 0.6) is 11.5 Å². The third kappa shape index (κ3) is 3.64. The van der Waals surface area contributed by atoms with Gasteiger partial charge in [-0.15, -0.1) is 0 Å². The topological polar surface area (TPSA) is 93.7 Å². The maximum atomic E-state index is 12.3. The maximum Gasteiger partial charge on any atom is 0.241 e. The number of amides is 1. The Hall–Kier alpha value is -1.80. The molecule has 0 aromatic heterocycles. The standard InChI is InChI=1S/C13H18N2O5S/c1-19-11-5-4-10(7-12(11)20-2)21(17,18)15-9-3-6-13(16)14-8-9/h4-5,7,9,15H,3,6,8H2,1-2H3,(H,14,16). The number of rotatable bonds is 5. The van der Waals surface area contributed by atoms with Crippen LogP contribution in [-0.4, -0.2) is 41.1 Å². The van der Waals surface area contributed by atoms with Gasteiger partial charge in [-0.1, -0.05) is 0 Å². The first-order valence-electron chi connectivity index (χ1n) is 6.47. The van der Waals surface area contributed by atoms with E-state index < -0.39 is 10.0 Å². The van der Waals surface area contributed by atoms with Crippen molar-refractivity contribution in [3.8, 4) is 11.5 Å². The second-order valence-electron chi connectivity index (χ2n) is 4.68. The first-order valence-corrected chi connectivity index (χ1v) is 7.95. The molecule has 0 spiro atoms. The number of benzene rings is 1. The van der Waals surface area contributed by atoms with Gasteiger partial charge < -0.3 is 14.8 Å². The molecule has 1 aliphatic rings. The highest BCUT2D eigenvalue weighted by Gasteiger charge is 2.25. The van der Waals surface area contributed by atoms with Gasteiger partial charge in [0.05, 0.1) is 19.1 Å². The monoisotopic (exact) mass is 314 g/mol. The van der Waals surface area contributed by atoms with Crippen LogP contribution in [0.1, 0.15) is 12.8 Å². The van der Waals surface area contributed by atoms with Crippen LogP contribution in [0.15, 0.2) is 23.1 Å². The van der Waals surface area contributed by atoms with Crippen molar-refractivity contribution in [3.05, 3.63) is 18.2 Å². The van der Waals surface area contributed by atoms with Gasteiger partial charge in [-0.2, -0.15) is 0 Å². The number of sulfonamides is 1. The molecule has 0 bridgehead atoms. The molecular weight excluding hydrogens is 296 g/mol. The first-order chi connectivity index (χ1) is 9.96. The van der Waals surface area contributed by atoms with E-state index in [1.165, 1.54) is 32.4 Å². The third-order valence-electron chi connectivity index (χ3n) is 3.25. The molecule has 116 valence electrons. The molecule has 7 nitrogen and oxygen atoms in total. The SMILES string of the molecule is COc1ccc(S(=O)(=O)NC2CCC(=O)NC2)cc1OC. The lowest BCUT2D eigenvalue weighted by atomic mass is 10.1. The number of carbonyl (C=O) groups is 1. The van der Waals surface area contributed by atoms with Crippen LogP contribution >= 0.6 is 0 Å². The summed E-state index contributed by atoms with van der Waals surface area (Å²) in [6.45, 7) is 0.297. The Morgan fingerprint density at radius 1 is 1.24 bits per heavy atom. The summed E-state index contributed by atoms with van der Waals surface area (Å²) in [6, 6.07) is 4.09. The van der Waals surface area contributed by atoms with Crippen LogP contribution < -0.4 is 19.5 Å². The van der Waals surface area contributed by atoms with Gasteiger partial charge in [0.25, 0.3) is 0 Å². The minimum Gasteiger partial charge on any atom is -0.493 e. The fourth-order valence-corrected chi connectivity index (χ4v) is 3.39. The molecule has 1 aromatic rings. The first kappa shape index (κ1) is 15.6. The van der Waals surface area contributed by atoms with Gasteiger partial charge in [0.1, 0.15) is 0 Å². The van der Waals surface area contributed by atoms with Crippen LogP contribution in [0.3, 0.4) is 0 Å². The average Bonchev–Trinajstić information content (AvgIpc) is 2.48. The number of hydrogen-bond donors (Lipinski definition) is 2. The number of nitrogens with one attached hydrogen (secondary N) is 2. The van der Waals surface area contributed by atoms with E-state index in [4.69, 9.17) is 9.47 Å². The lowest BCUT2D eigenvalue weighted by Crippen LogP contribution is -2.47. The van der Waals surface area contributed by atoms with Crippen molar-refractivity contribution in [1.82, 2.24) is 10.0 Å². The maximum absolute atomic E-state index is 12.3. The lowest BCUT2D eigenvalue weighted by molar-refractivity contribution is -0.122. The van der Waals surface area contributed by atoms with Gasteiger partial charge in [-0.05, 0) is 18.6 Å². The van der Waals surface area contributed by atoms with Crippen LogP contribution in [0.25, 0.3) is 0 Å². The molecule has 1 fully saturated rings. The van der Waals surface area contributed by atoms with Gasteiger partial charge in [-0.25, -0.2) is 13.1 Å². The number of piperidine rings is 1. The van der Waals surface area contributed by atoms with Crippen molar-refractivity contribution in [2.45, 2.75) is 23.8 Å². The van der Waals surface area contributed by atoms with Crippen molar-refractivity contribution < 1.29 is 22.7 Å². The van der Waals surface area contributed by atoms with Gasteiger partial charge in [-0.3, -0.25) is 4.79 Å². The van der Waals surface area contributed by atoms with Crippen LogP contribution in [-0.2, 0) is 14.8 Å². The number of hydrogen-bond acceptors (Lipinski definition) is 5. The molecule has 21 heavy (non-hydrogen) atoms. The van der Waals surface area contributed by atoms with E-state index in [1.54, 1.807) is 0 Å². The van der Waals surface area contributed by atoms with E-state index in [1.807, 2.05) is 0 Å². The molecule has 1 heterocycles. The largest absolute Gasteiger partial charge is 0.493 e. The molecule has 0 radical (unpaired) electrons. The minimum atomic E-state index is -3.67. The number of carbonyl (C=O) groups excluding carboxylic acids is 1.